The summed E-state index contributed by atoms with van der Waals surface area (Å²) in [6.07, 6.45) is -0.647. The maximum Gasteiger partial charge on any atom is 0.413 e. The number of hydrogen-bond donors (Lipinski definition) is 1. The van der Waals surface area contributed by atoms with Gasteiger partial charge in [0.1, 0.15) is 16.9 Å². The van der Waals surface area contributed by atoms with E-state index in [-0.39, 0.29) is 11.3 Å². The number of benzene rings is 3. The van der Waals surface area contributed by atoms with E-state index in [4.69, 9.17) is 13.9 Å². The molecule has 0 saturated heterocycles. The Morgan fingerprint density at radius 2 is 1.68 bits per heavy atom. The molecule has 9 heteroatoms. The predicted molar refractivity (Wildman–Crippen MR) is 126 cm³/mol. The third-order valence-corrected chi connectivity index (χ3v) is 5.24. The Balaban J connectivity index is 1.49. The highest BCUT2D eigenvalue weighted by Gasteiger charge is 2.21. The number of nitrogens with one attached hydrogen (secondary N) is 1. The van der Waals surface area contributed by atoms with Gasteiger partial charge in [0.05, 0.1) is 31.2 Å². The lowest BCUT2D eigenvalue weighted by Gasteiger charge is -2.18. The van der Waals surface area contributed by atoms with Gasteiger partial charge in [0.15, 0.2) is 6.61 Å². The fourth-order valence-electron chi connectivity index (χ4n) is 3.59. The molecule has 0 aliphatic rings. The van der Waals surface area contributed by atoms with E-state index in [1.165, 1.54) is 32.2 Å². The van der Waals surface area contributed by atoms with E-state index in [9.17, 15) is 14.4 Å². The number of fused-ring (bicyclic) bond motifs is 3. The minimum absolute atomic E-state index is 0.115. The quantitative estimate of drug-likeness (QED) is 0.418. The van der Waals surface area contributed by atoms with Gasteiger partial charge < -0.3 is 23.9 Å². The minimum Gasteiger partial charge on any atom is -0.495 e. The van der Waals surface area contributed by atoms with Gasteiger partial charge in [0, 0.05) is 23.9 Å². The predicted octanol–water partition coefficient (Wildman–Crippen LogP) is 4.59. The summed E-state index contributed by atoms with van der Waals surface area (Å²) in [7, 11) is 4.19. The molecule has 1 N–H and O–H groups in total. The SMILES string of the molecule is COC(=O)N(C)c1ccccc1C(=O)OCC(=O)Nc1cc2oc3ccccc3c2cc1OC. The van der Waals surface area contributed by atoms with Gasteiger partial charge >= 0.3 is 12.1 Å². The van der Waals surface area contributed by atoms with Crippen LogP contribution in [0.3, 0.4) is 0 Å². The average Bonchev–Trinajstić information content (AvgIpc) is 3.23. The van der Waals surface area contributed by atoms with E-state index in [2.05, 4.69) is 10.1 Å². The topological polar surface area (TPSA) is 107 Å². The Bertz CT molecular complexity index is 1390. The Kier molecular flexibility index (Phi) is 6.35. The highest BCUT2D eigenvalue weighted by Crippen LogP contribution is 2.36. The molecule has 0 spiro atoms. The number of carbonyl (C=O) groups is 3. The van der Waals surface area contributed by atoms with Crippen molar-refractivity contribution in [3.8, 4) is 5.75 Å². The zero-order valence-corrected chi connectivity index (χ0v) is 18.8. The van der Waals surface area contributed by atoms with Crippen molar-refractivity contribution in [1.82, 2.24) is 0 Å². The van der Waals surface area contributed by atoms with Crippen LogP contribution in [0.2, 0.25) is 0 Å². The Labute approximate surface area is 194 Å². The zero-order valence-electron chi connectivity index (χ0n) is 18.8. The number of rotatable bonds is 6. The van der Waals surface area contributed by atoms with Gasteiger partial charge in [-0.15, -0.1) is 0 Å². The van der Waals surface area contributed by atoms with Crippen LogP contribution in [0.15, 0.2) is 65.1 Å². The molecule has 2 amide bonds. The van der Waals surface area contributed by atoms with Crippen molar-refractivity contribution in [2.24, 2.45) is 0 Å². The fraction of sp³-hybridized carbons (Fsp3) is 0.160. The number of methoxy groups -OCH3 is 2. The molecule has 0 saturated carbocycles. The summed E-state index contributed by atoms with van der Waals surface area (Å²) in [6, 6.07) is 17.4. The second kappa shape index (κ2) is 9.53. The maximum atomic E-state index is 12.6. The first-order valence-electron chi connectivity index (χ1n) is 10.3. The molecule has 34 heavy (non-hydrogen) atoms. The molecule has 9 nitrogen and oxygen atoms in total. The number of carbonyl (C=O) groups excluding carboxylic acids is 3. The van der Waals surface area contributed by atoms with Crippen LogP contribution in [0.5, 0.6) is 5.75 Å². The zero-order chi connectivity index (χ0) is 24.2. The van der Waals surface area contributed by atoms with Crippen LogP contribution in [0.1, 0.15) is 10.4 Å². The summed E-state index contributed by atoms with van der Waals surface area (Å²) in [5.74, 6) is -0.897. The molecule has 0 unspecified atom stereocenters. The van der Waals surface area contributed by atoms with Crippen LogP contribution in [0.25, 0.3) is 21.9 Å². The van der Waals surface area contributed by atoms with Gasteiger partial charge in [-0.05, 0) is 24.3 Å². The van der Waals surface area contributed by atoms with Crippen LogP contribution < -0.4 is 15.0 Å². The molecule has 1 heterocycles. The van der Waals surface area contributed by atoms with Crippen LogP contribution in [-0.4, -0.2) is 45.8 Å². The van der Waals surface area contributed by atoms with Crippen LogP contribution in [0, 0.1) is 0 Å². The molecule has 0 aliphatic heterocycles. The van der Waals surface area contributed by atoms with Crippen molar-refractivity contribution in [2.75, 3.05) is 38.1 Å². The summed E-state index contributed by atoms with van der Waals surface area (Å²) in [5.41, 5.74) is 2.07. The lowest BCUT2D eigenvalue weighted by atomic mass is 10.1. The lowest BCUT2D eigenvalue weighted by Crippen LogP contribution is -2.28. The molecule has 174 valence electrons. The summed E-state index contributed by atoms with van der Waals surface area (Å²) in [4.78, 5) is 38.2. The molecular weight excluding hydrogens is 440 g/mol. The molecular formula is C25H22N2O7. The molecule has 0 bridgehead atoms. The number of amides is 2. The van der Waals surface area contributed by atoms with Crippen LogP contribution in [-0.2, 0) is 14.3 Å². The van der Waals surface area contributed by atoms with Gasteiger partial charge in [-0.25, -0.2) is 9.59 Å². The monoisotopic (exact) mass is 462 g/mol. The molecule has 0 fully saturated rings. The lowest BCUT2D eigenvalue weighted by molar-refractivity contribution is -0.119. The minimum atomic E-state index is -0.763. The van der Waals surface area contributed by atoms with Gasteiger partial charge in [0.2, 0.25) is 0 Å². The maximum absolute atomic E-state index is 12.6. The molecule has 4 aromatic rings. The highest BCUT2D eigenvalue weighted by atomic mass is 16.5. The fourth-order valence-corrected chi connectivity index (χ4v) is 3.59. The summed E-state index contributed by atoms with van der Waals surface area (Å²) in [5, 5.41) is 4.46. The van der Waals surface area contributed by atoms with E-state index in [0.717, 1.165) is 10.8 Å². The van der Waals surface area contributed by atoms with E-state index < -0.39 is 24.6 Å². The van der Waals surface area contributed by atoms with Crippen molar-refractivity contribution < 1.29 is 33.0 Å². The Morgan fingerprint density at radius 1 is 0.941 bits per heavy atom. The second-order valence-electron chi connectivity index (χ2n) is 7.32. The van der Waals surface area contributed by atoms with Crippen LogP contribution >= 0.6 is 0 Å². The number of anilines is 2. The number of esters is 1. The van der Waals surface area contributed by atoms with E-state index in [1.54, 1.807) is 30.3 Å². The first-order chi connectivity index (χ1) is 16.4. The van der Waals surface area contributed by atoms with Gasteiger partial charge in [-0.3, -0.25) is 9.69 Å². The number of ether oxygens (including phenoxy) is 3. The van der Waals surface area contributed by atoms with E-state index in [0.29, 0.717) is 22.6 Å². The summed E-state index contributed by atoms with van der Waals surface area (Å²) >= 11 is 0. The third-order valence-electron chi connectivity index (χ3n) is 5.24. The van der Waals surface area contributed by atoms with Gasteiger partial charge in [0.25, 0.3) is 5.91 Å². The number of nitrogens with zero attached hydrogens (tertiary/aromatic N) is 1. The molecule has 4 rings (SSSR count). The van der Waals surface area contributed by atoms with Crippen molar-refractivity contribution in [2.45, 2.75) is 0 Å². The molecule has 3 aromatic carbocycles. The largest absolute Gasteiger partial charge is 0.495 e. The standard InChI is InChI=1S/C25H22N2O7/c1-27(25(30)32-3)19-10-6-4-9-16(19)24(29)33-14-23(28)26-18-13-21-17(12-22(18)31-2)15-8-5-7-11-20(15)34-21/h4-13H,14H2,1-3H3,(H,26,28). The Morgan fingerprint density at radius 3 is 2.44 bits per heavy atom. The van der Waals surface area contributed by atoms with Gasteiger partial charge in [-0.2, -0.15) is 0 Å². The first kappa shape index (κ1) is 22.7. The summed E-state index contributed by atoms with van der Waals surface area (Å²) in [6.45, 7) is -0.545. The molecule has 1 aromatic heterocycles. The number of hydrogen-bond acceptors (Lipinski definition) is 7. The van der Waals surface area contributed by atoms with E-state index >= 15 is 0 Å². The van der Waals surface area contributed by atoms with Crippen molar-refractivity contribution in [1.29, 1.82) is 0 Å². The van der Waals surface area contributed by atoms with Gasteiger partial charge in [-0.1, -0.05) is 30.3 Å². The molecule has 0 radical (unpaired) electrons. The van der Waals surface area contributed by atoms with Crippen LogP contribution in [0.4, 0.5) is 16.2 Å². The summed E-state index contributed by atoms with van der Waals surface area (Å²) < 4.78 is 21.2. The van der Waals surface area contributed by atoms with Crippen molar-refractivity contribution in [3.63, 3.8) is 0 Å². The number of furan rings is 1. The smallest absolute Gasteiger partial charge is 0.413 e. The average molecular weight is 462 g/mol. The van der Waals surface area contributed by atoms with E-state index in [1.807, 2.05) is 24.3 Å². The third kappa shape index (κ3) is 4.36. The molecule has 0 atom stereocenters. The molecule has 0 aliphatic carbocycles. The Hall–Kier alpha value is -4.53. The first-order valence-corrected chi connectivity index (χ1v) is 10.3. The van der Waals surface area contributed by atoms with Crippen molar-refractivity contribution in [3.05, 3.63) is 66.2 Å². The van der Waals surface area contributed by atoms with Crippen molar-refractivity contribution >= 4 is 51.3 Å². The number of para-hydroxylation sites is 2. The normalized spacial score (nSPS) is 10.7. The second-order valence-corrected chi connectivity index (χ2v) is 7.32. The highest BCUT2D eigenvalue weighted by molar-refractivity contribution is 6.08.